The molecule has 0 aliphatic carbocycles. The van der Waals surface area contributed by atoms with Crippen LogP contribution in [0.3, 0.4) is 0 Å². The van der Waals surface area contributed by atoms with E-state index in [0.717, 1.165) is 12.1 Å². The number of amides is 1. The molecule has 0 spiro atoms. The number of rotatable bonds is 4. The van der Waals surface area contributed by atoms with E-state index >= 15 is 0 Å². The minimum atomic E-state index is -0.323. The average Bonchev–Trinajstić information content (AvgIpc) is 3.03. The van der Waals surface area contributed by atoms with E-state index < -0.39 is 0 Å². The first-order valence-corrected chi connectivity index (χ1v) is 8.23. The molecule has 1 aliphatic rings. The fraction of sp³-hybridized carbons (Fsp3) is 0.471. The maximum absolute atomic E-state index is 13.9. The van der Waals surface area contributed by atoms with Crippen molar-refractivity contribution in [2.45, 2.75) is 32.9 Å². The third-order valence-electron chi connectivity index (χ3n) is 4.41. The SMILES string of the molecule is CCn1cc(CC(=O)N2CCN(c3ccncc3F)C(C)C2)cn1. The van der Waals surface area contributed by atoms with Gasteiger partial charge in [-0.25, -0.2) is 4.39 Å². The van der Waals surface area contributed by atoms with Crippen LogP contribution in [0.5, 0.6) is 0 Å². The lowest BCUT2D eigenvalue weighted by Crippen LogP contribution is -2.54. The van der Waals surface area contributed by atoms with Gasteiger partial charge in [0.2, 0.25) is 5.91 Å². The first kappa shape index (κ1) is 16.4. The highest BCUT2D eigenvalue weighted by Crippen LogP contribution is 2.23. The Balaban J connectivity index is 1.62. The van der Waals surface area contributed by atoms with Crippen molar-refractivity contribution in [3.05, 3.63) is 42.2 Å². The minimum absolute atomic E-state index is 0.0537. The van der Waals surface area contributed by atoms with Crippen LogP contribution >= 0.6 is 0 Å². The van der Waals surface area contributed by atoms with Crippen LogP contribution in [0.25, 0.3) is 0 Å². The molecule has 2 aromatic rings. The van der Waals surface area contributed by atoms with Gasteiger partial charge >= 0.3 is 0 Å². The van der Waals surface area contributed by atoms with E-state index in [0.29, 0.717) is 31.7 Å². The Bertz CT molecular complexity index is 717. The topological polar surface area (TPSA) is 54.3 Å². The summed E-state index contributed by atoms with van der Waals surface area (Å²) in [6, 6.07) is 1.74. The summed E-state index contributed by atoms with van der Waals surface area (Å²) in [7, 11) is 0. The number of nitrogens with zero attached hydrogens (tertiary/aromatic N) is 5. The second-order valence-electron chi connectivity index (χ2n) is 6.09. The molecule has 0 saturated carbocycles. The summed E-state index contributed by atoms with van der Waals surface area (Å²) in [5, 5.41) is 4.20. The smallest absolute Gasteiger partial charge is 0.227 e. The van der Waals surface area contributed by atoms with Crippen molar-refractivity contribution in [3.8, 4) is 0 Å². The molecule has 3 rings (SSSR count). The summed E-state index contributed by atoms with van der Waals surface area (Å²) in [5.41, 5.74) is 1.48. The molecule has 7 heteroatoms. The van der Waals surface area contributed by atoms with Crippen LogP contribution in [-0.4, -0.2) is 51.2 Å². The number of carbonyl (C=O) groups is 1. The third kappa shape index (κ3) is 3.39. The number of aromatic nitrogens is 3. The highest BCUT2D eigenvalue weighted by atomic mass is 19.1. The van der Waals surface area contributed by atoms with Gasteiger partial charge in [0.15, 0.2) is 5.82 Å². The molecule has 1 aliphatic heterocycles. The first-order valence-electron chi connectivity index (χ1n) is 8.23. The summed E-state index contributed by atoms with van der Waals surface area (Å²) in [6.45, 7) is 6.60. The van der Waals surface area contributed by atoms with Crippen LogP contribution < -0.4 is 4.90 Å². The number of piperazine rings is 1. The number of hydrogen-bond acceptors (Lipinski definition) is 4. The lowest BCUT2D eigenvalue weighted by atomic mass is 10.1. The van der Waals surface area contributed by atoms with Gasteiger partial charge in [0.25, 0.3) is 0 Å². The lowest BCUT2D eigenvalue weighted by Gasteiger charge is -2.41. The quantitative estimate of drug-likeness (QED) is 0.856. The number of anilines is 1. The summed E-state index contributed by atoms with van der Waals surface area (Å²) >= 11 is 0. The lowest BCUT2D eigenvalue weighted by molar-refractivity contribution is -0.131. The Morgan fingerprint density at radius 2 is 2.21 bits per heavy atom. The summed E-state index contributed by atoms with van der Waals surface area (Å²) in [4.78, 5) is 20.1. The van der Waals surface area contributed by atoms with Crippen molar-refractivity contribution in [2.24, 2.45) is 0 Å². The number of halogens is 1. The highest BCUT2D eigenvalue weighted by molar-refractivity contribution is 5.79. The number of aryl methyl sites for hydroxylation is 1. The van der Waals surface area contributed by atoms with Gasteiger partial charge in [0.1, 0.15) is 0 Å². The molecule has 1 atom stereocenters. The number of pyridine rings is 1. The van der Waals surface area contributed by atoms with Gasteiger partial charge in [-0.3, -0.25) is 14.5 Å². The van der Waals surface area contributed by atoms with Crippen molar-refractivity contribution in [3.63, 3.8) is 0 Å². The maximum atomic E-state index is 13.9. The van der Waals surface area contributed by atoms with Crippen molar-refractivity contribution >= 4 is 11.6 Å². The fourth-order valence-electron chi connectivity index (χ4n) is 3.10. The van der Waals surface area contributed by atoms with Crippen molar-refractivity contribution in [2.75, 3.05) is 24.5 Å². The Labute approximate surface area is 140 Å². The van der Waals surface area contributed by atoms with Crippen molar-refractivity contribution < 1.29 is 9.18 Å². The standard InChI is InChI=1S/C17H22FN5O/c1-3-22-12-14(9-20-22)8-17(24)21-6-7-23(13(2)11-21)16-4-5-19-10-15(16)18/h4-5,9-10,12-13H,3,6-8,11H2,1-2H3. The molecule has 24 heavy (non-hydrogen) atoms. The second kappa shape index (κ2) is 6.98. The number of hydrogen-bond donors (Lipinski definition) is 0. The zero-order valence-corrected chi connectivity index (χ0v) is 14.0. The molecule has 128 valence electrons. The van der Waals surface area contributed by atoms with E-state index in [1.807, 2.05) is 34.5 Å². The van der Waals surface area contributed by atoms with E-state index in [4.69, 9.17) is 0 Å². The monoisotopic (exact) mass is 331 g/mol. The van der Waals surface area contributed by atoms with Gasteiger partial charge < -0.3 is 9.80 Å². The first-order chi connectivity index (χ1) is 11.6. The van der Waals surface area contributed by atoms with Gasteiger partial charge in [0, 0.05) is 44.6 Å². The molecule has 3 heterocycles. The van der Waals surface area contributed by atoms with Gasteiger partial charge in [-0.15, -0.1) is 0 Å². The van der Waals surface area contributed by atoms with E-state index in [9.17, 15) is 9.18 Å². The Morgan fingerprint density at radius 3 is 2.88 bits per heavy atom. The molecule has 1 saturated heterocycles. The summed E-state index contributed by atoms with van der Waals surface area (Å²) in [5.74, 6) is -0.233. The van der Waals surface area contributed by atoms with Crippen LogP contribution in [0, 0.1) is 5.82 Å². The third-order valence-corrected chi connectivity index (χ3v) is 4.41. The average molecular weight is 331 g/mol. The largest absolute Gasteiger partial charge is 0.363 e. The Hall–Kier alpha value is -2.44. The van der Waals surface area contributed by atoms with Crippen LogP contribution in [0.4, 0.5) is 10.1 Å². The van der Waals surface area contributed by atoms with E-state index in [2.05, 4.69) is 10.1 Å². The molecule has 2 aromatic heterocycles. The Kier molecular flexibility index (Phi) is 4.78. The molecule has 6 nitrogen and oxygen atoms in total. The number of carbonyl (C=O) groups excluding carboxylic acids is 1. The molecule has 0 aromatic carbocycles. The van der Waals surface area contributed by atoms with Gasteiger partial charge in [-0.05, 0) is 25.5 Å². The molecular formula is C17H22FN5O. The molecule has 1 fully saturated rings. The van der Waals surface area contributed by atoms with Gasteiger partial charge in [-0.1, -0.05) is 0 Å². The van der Waals surface area contributed by atoms with E-state index in [1.54, 1.807) is 18.5 Å². The van der Waals surface area contributed by atoms with Crippen LogP contribution in [-0.2, 0) is 17.8 Å². The van der Waals surface area contributed by atoms with Crippen molar-refractivity contribution in [1.29, 1.82) is 0 Å². The van der Waals surface area contributed by atoms with E-state index in [1.165, 1.54) is 6.20 Å². The molecular weight excluding hydrogens is 309 g/mol. The normalized spacial score (nSPS) is 18.0. The molecule has 0 N–H and O–H groups in total. The van der Waals surface area contributed by atoms with Crippen LogP contribution in [0.15, 0.2) is 30.9 Å². The van der Waals surface area contributed by atoms with E-state index in [-0.39, 0.29) is 17.8 Å². The zero-order valence-electron chi connectivity index (χ0n) is 14.0. The zero-order chi connectivity index (χ0) is 17.1. The summed E-state index contributed by atoms with van der Waals surface area (Å²) < 4.78 is 15.7. The molecule has 0 bridgehead atoms. The van der Waals surface area contributed by atoms with Crippen LogP contribution in [0.1, 0.15) is 19.4 Å². The predicted octanol–water partition coefficient (Wildman–Crippen LogP) is 1.72. The van der Waals surface area contributed by atoms with Crippen LogP contribution in [0.2, 0.25) is 0 Å². The Morgan fingerprint density at radius 1 is 1.38 bits per heavy atom. The van der Waals surface area contributed by atoms with Crippen molar-refractivity contribution in [1.82, 2.24) is 19.7 Å². The minimum Gasteiger partial charge on any atom is -0.363 e. The second-order valence-corrected chi connectivity index (χ2v) is 6.09. The fourth-order valence-corrected chi connectivity index (χ4v) is 3.10. The van der Waals surface area contributed by atoms with Gasteiger partial charge in [-0.2, -0.15) is 5.10 Å². The molecule has 1 unspecified atom stereocenters. The highest BCUT2D eigenvalue weighted by Gasteiger charge is 2.28. The van der Waals surface area contributed by atoms with Gasteiger partial charge in [0.05, 0.1) is 24.5 Å². The maximum Gasteiger partial charge on any atom is 0.227 e. The molecule has 1 amide bonds. The molecule has 0 radical (unpaired) electrons. The predicted molar refractivity (Wildman–Crippen MR) is 89.2 cm³/mol. The summed E-state index contributed by atoms with van der Waals surface area (Å²) in [6.07, 6.45) is 6.83.